The lowest BCUT2D eigenvalue weighted by atomic mass is 10.2. The van der Waals surface area contributed by atoms with Crippen LogP contribution in [0.2, 0.25) is 0 Å². The Labute approximate surface area is 95.0 Å². The Balaban J connectivity index is 2.44. The monoisotopic (exact) mass is 223 g/mol. The number of anilines is 2. The molecule has 1 rings (SSSR count). The average molecular weight is 223 g/mol. The Kier molecular flexibility index (Phi) is 5.15. The molecule has 0 heterocycles. The fourth-order valence-electron chi connectivity index (χ4n) is 1.18. The lowest BCUT2D eigenvalue weighted by Crippen LogP contribution is -2.11. The van der Waals surface area contributed by atoms with E-state index in [1.807, 2.05) is 24.3 Å². The number of carbonyl (C=O) groups excluding carboxylic acids is 1. The highest BCUT2D eigenvalue weighted by Crippen LogP contribution is 2.13. The molecule has 0 saturated carbocycles. The van der Waals surface area contributed by atoms with Gasteiger partial charge >= 0.3 is 6.09 Å². The van der Waals surface area contributed by atoms with E-state index in [0.717, 1.165) is 18.7 Å². The van der Waals surface area contributed by atoms with Gasteiger partial charge in [0.15, 0.2) is 0 Å². The molecule has 0 unspecified atom stereocenters. The highest BCUT2D eigenvalue weighted by atomic mass is 16.5. The zero-order valence-electron chi connectivity index (χ0n) is 9.32. The summed E-state index contributed by atoms with van der Waals surface area (Å²) in [6.07, 6.45) is 0.464. The van der Waals surface area contributed by atoms with Crippen molar-refractivity contribution >= 4 is 17.5 Å². The number of carbonyl (C=O) groups is 1. The molecular weight excluding hydrogens is 206 g/mol. The van der Waals surface area contributed by atoms with Crippen molar-refractivity contribution in [3.05, 3.63) is 24.3 Å². The number of hydrogen-bond acceptors (Lipinski definition) is 4. The van der Waals surface area contributed by atoms with Crippen LogP contribution in [-0.2, 0) is 4.74 Å². The SMILES string of the molecule is COC(=O)Nc1ccc(NCCCN)cc1. The van der Waals surface area contributed by atoms with Crippen molar-refractivity contribution in [2.24, 2.45) is 5.73 Å². The number of rotatable bonds is 5. The Morgan fingerprint density at radius 1 is 1.31 bits per heavy atom. The van der Waals surface area contributed by atoms with Crippen LogP contribution in [0.4, 0.5) is 16.2 Å². The summed E-state index contributed by atoms with van der Waals surface area (Å²) in [5, 5.41) is 5.79. The van der Waals surface area contributed by atoms with Crippen LogP contribution >= 0.6 is 0 Å². The first-order valence-corrected chi connectivity index (χ1v) is 5.15. The number of ether oxygens (including phenoxy) is 1. The number of nitrogens with one attached hydrogen (secondary N) is 2. The molecule has 0 aromatic heterocycles. The van der Waals surface area contributed by atoms with Gasteiger partial charge in [0.25, 0.3) is 0 Å². The molecule has 1 aromatic carbocycles. The zero-order valence-corrected chi connectivity index (χ0v) is 9.32. The van der Waals surface area contributed by atoms with Crippen molar-refractivity contribution in [3.63, 3.8) is 0 Å². The van der Waals surface area contributed by atoms with Gasteiger partial charge in [-0.2, -0.15) is 0 Å². The molecule has 5 nitrogen and oxygen atoms in total. The average Bonchev–Trinajstić information content (AvgIpc) is 2.31. The first-order chi connectivity index (χ1) is 7.76. The Morgan fingerprint density at radius 3 is 2.50 bits per heavy atom. The van der Waals surface area contributed by atoms with Gasteiger partial charge in [-0.15, -0.1) is 0 Å². The number of amides is 1. The first kappa shape index (κ1) is 12.3. The summed E-state index contributed by atoms with van der Waals surface area (Å²) in [4.78, 5) is 10.9. The topological polar surface area (TPSA) is 76.4 Å². The molecule has 0 spiro atoms. The van der Waals surface area contributed by atoms with Crippen molar-refractivity contribution in [2.45, 2.75) is 6.42 Å². The summed E-state index contributed by atoms with van der Waals surface area (Å²) in [6, 6.07) is 7.40. The summed E-state index contributed by atoms with van der Waals surface area (Å²) < 4.78 is 4.48. The van der Waals surface area contributed by atoms with E-state index in [9.17, 15) is 4.79 Å². The highest BCUT2D eigenvalue weighted by Gasteiger charge is 1.99. The van der Waals surface area contributed by atoms with Crippen molar-refractivity contribution in [3.8, 4) is 0 Å². The van der Waals surface area contributed by atoms with E-state index in [2.05, 4.69) is 15.4 Å². The van der Waals surface area contributed by atoms with Crippen molar-refractivity contribution in [1.82, 2.24) is 0 Å². The molecule has 88 valence electrons. The molecule has 0 bridgehead atoms. The quantitative estimate of drug-likeness (QED) is 0.663. The van der Waals surface area contributed by atoms with Gasteiger partial charge in [0.05, 0.1) is 7.11 Å². The molecule has 16 heavy (non-hydrogen) atoms. The van der Waals surface area contributed by atoms with Gasteiger partial charge in [-0.25, -0.2) is 4.79 Å². The van der Waals surface area contributed by atoms with Crippen LogP contribution in [0.5, 0.6) is 0 Å². The van der Waals surface area contributed by atoms with Crippen LogP contribution in [0.15, 0.2) is 24.3 Å². The molecule has 5 heteroatoms. The van der Waals surface area contributed by atoms with Gasteiger partial charge in [0.2, 0.25) is 0 Å². The lowest BCUT2D eigenvalue weighted by Gasteiger charge is -2.07. The fourth-order valence-corrected chi connectivity index (χ4v) is 1.18. The molecule has 0 aliphatic heterocycles. The molecule has 0 atom stereocenters. The smallest absolute Gasteiger partial charge is 0.411 e. The molecule has 0 aliphatic rings. The second kappa shape index (κ2) is 6.68. The van der Waals surface area contributed by atoms with Gasteiger partial charge in [0, 0.05) is 17.9 Å². The molecular formula is C11H17N3O2. The maximum Gasteiger partial charge on any atom is 0.411 e. The number of benzene rings is 1. The summed E-state index contributed by atoms with van der Waals surface area (Å²) in [5.74, 6) is 0. The predicted molar refractivity (Wildman–Crippen MR) is 64.6 cm³/mol. The largest absolute Gasteiger partial charge is 0.453 e. The number of methoxy groups -OCH3 is 1. The van der Waals surface area contributed by atoms with Gasteiger partial charge < -0.3 is 15.8 Å². The summed E-state index contributed by atoms with van der Waals surface area (Å²) in [5.41, 5.74) is 7.09. The molecule has 4 N–H and O–H groups in total. The van der Waals surface area contributed by atoms with Gasteiger partial charge in [-0.1, -0.05) is 0 Å². The third-order valence-electron chi connectivity index (χ3n) is 2.03. The normalized spacial score (nSPS) is 9.62. The van der Waals surface area contributed by atoms with E-state index in [0.29, 0.717) is 12.2 Å². The minimum Gasteiger partial charge on any atom is -0.453 e. The summed E-state index contributed by atoms with van der Waals surface area (Å²) >= 11 is 0. The van der Waals surface area contributed by atoms with Gasteiger partial charge in [0.1, 0.15) is 0 Å². The maximum absolute atomic E-state index is 10.9. The third-order valence-corrected chi connectivity index (χ3v) is 2.03. The van der Waals surface area contributed by atoms with Crippen LogP contribution in [0, 0.1) is 0 Å². The third kappa shape index (κ3) is 4.18. The van der Waals surface area contributed by atoms with Gasteiger partial charge in [-0.05, 0) is 37.2 Å². The molecule has 0 fully saturated rings. The van der Waals surface area contributed by atoms with E-state index < -0.39 is 6.09 Å². The molecule has 1 aromatic rings. The maximum atomic E-state index is 10.9. The minimum atomic E-state index is -0.469. The van der Waals surface area contributed by atoms with E-state index in [1.165, 1.54) is 7.11 Å². The van der Waals surface area contributed by atoms with E-state index in [4.69, 9.17) is 5.73 Å². The first-order valence-electron chi connectivity index (χ1n) is 5.15. The van der Waals surface area contributed by atoms with Crippen LogP contribution in [0.25, 0.3) is 0 Å². The number of nitrogens with two attached hydrogens (primary N) is 1. The minimum absolute atomic E-state index is 0.469. The second-order valence-electron chi connectivity index (χ2n) is 3.26. The van der Waals surface area contributed by atoms with Gasteiger partial charge in [-0.3, -0.25) is 5.32 Å². The molecule has 0 saturated heterocycles. The zero-order chi connectivity index (χ0) is 11.8. The van der Waals surface area contributed by atoms with E-state index in [-0.39, 0.29) is 0 Å². The number of hydrogen-bond donors (Lipinski definition) is 3. The highest BCUT2D eigenvalue weighted by molar-refractivity contribution is 5.84. The van der Waals surface area contributed by atoms with E-state index >= 15 is 0 Å². The summed E-state index contributed by atoms with van der Waals surface area (Å²) in [7, 11) is 1.33. The Morgan fingerprint density at radius 2 is 1.94 bits per heavy atom. The Bertz CT molecular complexity index is 325. The Hall–Kier alpha value is -1.75. The van der Waals surface area contributed by atoms with E-state index in [1.54, 1.807) is 0 Å². The predicted octanol–water partition coefficient (Wildman–Crippen LogP) is 1.63. The molecule has 0 aliphatic carbocycles. The van der Waals surface area contributed by atoms with Crippen molar-refractivity contribution < 1.29 is 9.53 Å². The molecule has 0 radical (unpaired) electrons. The van der Waals surface area contributed by atoms with Crippen LogP contribution in [0.1, 0.15) is 6.42 Å². The van der Waals surface area contributed by atoms with Crippen LogP contribution in [-0.4, -0.2) is 26.3 Å². The van der Waals surface area contributed by atoms with Crippen LogP contribution < -0.4 is 16.4 Å². The van der Waals surface area contributed by atoms with Crippen molar-refractivity contribution in [2.75, 3.05) is 30.8 Å². The summed E-state index contributed by atoms with van der Waals surface area (Å²) in [6.45, 7) is 1.52. The fraction of sp³-hybridized carbons (Fsp3) is 0.364. The molecule has 1 amide bonds. The van der Waals surface area contributed by atoms with Crippen LogP contribution in [0.3, 0.4) is 0 Å². The van der Waals surface area contributed by atoms with Crippen molar-refractivity contribution in [1.29, 1.82) is 0 Å². The standard InChI is InChI=1S/C11H17N3O2/c1-16-11(15)14-10-5-3-9(4-6-10)13-8-2-7-12/h3-6,13H,2,7-8,12H2,1H3,(H,14,15). The lowest BCUT2D eigenvalue weighted by molar-refractivity contribution is 0.187. The second-order valence-corrected chi connectivity index (χ2v) is 3.26.